The molecule has 0 bridgehead atoms. The van der Waals surface area contributed by atoms with E-state index in [1.807, 2.05) is 13.0 Å². The quantitative estimate of drug-likeness (QED) is 0.572. The Morgan fingerprint density at radius 2 is 2.36 bits per heavy atom. The van der Waals surface area contributed by atoms with Gasteiger partial charge in [0.15, 0.2) is 0 Å². The van der Waals surface area contributed by atoms with Crippen LogP contribution in [0.4, 0.5) is 4.39 Å². The minimum absolute atomic E-state index is 0.434. The number of rotatable bonds is 4. The third kappa shape index (κ3) is 5.60. The number of nitrogens with zero attached hydrogens (tertiary/aromatic N) is 1. The number of allylic oxidation sites excluding steroid dienone is 2. The monoisotopic (exact) mass is 155 g/mol. The molecule has 0 aliphatic carbocycles. The zero-order chi connectivity index (χ0) is 8.69. The molecule has 0 aromatic rings. The van der Waals surface area contributed by atoms with Crippen LogP contribution in [0.1, 0.15) is 33.1 Å². The molecule has 0 aromatic heterocycles. The largest absolute Gasteiger partial charge is 0.248 e. The van der Waals surface area contributed by atoms with Crippen LogP contribution in [0, 0.1) is 11.3 Å². The number of alkyl halides is 1. The molecule has 0 aromatic carbocycles. The van der Waals surface area contributed by atoms with Crippen molar-refractivity contribution >= 4 is 0 Å². The van der Waals surface area contributed by atoms with Crippen LogP contribution in [0.2, 0.25) is 0 Å². The molecular weight excluding hydrogens is 141 g/mol. The maximum Gasteiger partial charge on any atom is 0.0976 e. The van der Waals surface area contributed by atoms with E-state index in [9.17, 15) is 4.39 Å². The molecule has 0 aliphatic heterocycles. The Bertz CT molecular complexity index is 165. The molecular formula is C9H14FN. The topological polar surface area (TPSA) is 23.8 Å². The lowest BCUT2D eigenvalue weighted by Gasteiger charge is -2.02. The van der Waals surface area contributed by atoms with Gasteiger partial charge >= 0.3 is 0 Å². The third-order valence-electron chi connectivity index (χ3n) is 1.58. The van der Waals surface area contributed by atoms with Crippen molar-refractivity contribution in [2.75, 3.05) is 0 Å². The van der Waals surface area contributed by atoms with E-state index in [0.717, 1.165) is 5.57 Å². The van der Waals surface area contributed by atoms with Gasteiger partial charge in [-0.2, -0.15) is 5.26 Å². The van der Waals surface area contributed by atoms with Crippen LogP contribution in [-0.2, 0) is 0 Å². The summed E-state index contributed by atoms with van der Waals surface area (Å²) in [5, 5.41) is 8.35. The van der Waals surface area contributed by atoms with Crippen molar-refractivity contribution in [3.8, 4) is 6.07 Å². The molecule has 0 spiro atoms. The second-order valence-electron chi connectivity index (χ2n) is 2.60. The molecule has 1 atom stereocenters. The summed E-state index contributed by atoms with van der Waals surface area (Å²) in [6.07, 6.45) is 2.81. The van der Waals surface area contributed by atoms with Gasteiger partial charge in [0.2, 0.25) is 0 Å². The summed E-state index contributed by atoms with van der Waals surface area (Å²) in [7, 11) is 0. The molecule has 1 nitrogen and oxygen atoms in total. The van der Waals surface area contributed by atoms with Crippen molar-refractivity contribution < 1.29 is 4.39 Å². The van der Waals surface area contributed by atoms with Gasteiger partial charge in [-0.05, 0) is 26.7 Å². The van der Waals surface area contributed by atoms with Crippen LogP contribution in [-0.4, -0.2) is 6.17 Å². The van der Waals surface area contributed by atoms with Crippen molar-refractivity contribution in [3.63, 3.8) is 0 Å². The van der Waals surface area contributed by atoms with Crippen molar-refractivity contribution in [1.82, 2.24) is 0 Å². The Kier molecular flexibility index (Phi) is 5.46. The van der Waals surface area contributed by atoms with E-state index < -0.39 is 6.17 Å². The third-order valence-corrected chi connectivity index (χ3v) is 1.58. The highest BCUT2D eigenvalue weighted by Gasteiger charge is 2.00. The molecule has 0 rings (SSSR count). The van der Waals surface area contributed by atoms with E-state index in [4.69, 9.17) is 5.26 Å². The van der Waals surface area contributed by atoms with Crippen LogP contribution < -0.4 is 0 Å². The van der Waals surface area contributed by atoms with E-state index in [-0.39, 0.29) is 0 Å². The van der Waals surface area contributed by atoms with Crippen molar-refractivity contribution in [2.24, 2.45) is 0 Å². The summed E-state index contributed by atoms with van der Waals surface area (Å²) in [5.74, 6) is 0. The van der Waals surface area contributed by atoms with Gasteiger partial charge < -0.3 is 0 Å². The van der Waals surface area contributed by atoms with Crippen LogP contribution in [0.5, 0.6) is 0 Å². The average molecular weight is 155 g/mol. The van der Waals surface area contributed by atoms with Gasteiger partial charge in [0.05, 0.1) is 18.7 Å². The highest BCUT2D eigenvalue weighted by molar-refractivity contribution is 5.06. The summed E-state index contributed by atoms with van der Waals surface area (Å²) in [4.78, 5) is 0. The van der Waals surface area contributed by atoms with Gasteiger partial charge in [0.25, 0.3) is 0 Å². The molecule has 0 saturated carbocycles. The summed E-state index contributed by atoms with van der Waals surface area (Å²) in [5.41, 5.74) is 1.04. The number of hydrogen-bond donors (Lipinski definition) is 0. The number of halogens is 1. The van der Waals surface area contributed by atoms with E-state index in [0.29, 0.717) is 19.3 Å². The highest BCUT2D eigenvalue weighted by atomic mass is 19.1. The molecule has 0 radical (unpaired) electrons. The molecule has 0 amide bonds. The second-order valence-corrected chi connectivity index (χ2v) is 2.60. The van der Waals surface area contributed by atoms with Crippen molar-refractivity contribution in [2.45, 2.75) is 39.3 Å². The van der Waals surface area contributed by atoms with Gasteiger partial charge in [-0.25, -0.2) is 4.39 Å². The first-order valence-corrected chi connectivity index (χ1v) is 3.85. The fourth-order valence-electron chi connectivity index (χ4n) is 0.821. The van der Waals surface area contributed by atoms with Crippen molar-refractivity contribution in [3.05, 3.63) is 11.6 Å². The SMILES string of the molecule is CC=C(CC#N)CCC(C)F. The molecule has 0 N–H and O–H groups in total. The zero-order valence-corrected chi connectivity index (χ0v) is 7.10. The van der Waals surface area contributed by atoms with E-state index in [1.165, 1.54) is 0 Å². The standard InChI is InChI=1S/C9H14FN/c1-3-9(6-7-11)5-4-8(2)10/h3,8H,4-6H2,1-2H3. The van der Waals surface area contributed by atoms with E-state index in [1.54, 1.807) is 6.92 Å². The predicted octanol–water partition coefficient (Wildman–Crippen LogP) is 2.98. The first-order valence-electron chi connectivity index (χ1n) is 3.85. The molecule has 11 heavy (non-hydrogen) atoms. The second kappa shape index (κ2) is 5.91. The molecule has 1 unspecified atom stereocenters. The smallest absolute Gasteiger partial charge is 0.0976 e. The van der Waals surface area contributed by atoms with Crippen LogP contribution in [0.25, 0.3) is 0 Å². The minimum Gasteiger partial charge on any atom is -0.248 e. The summed E-state index contributed by atoms with van der Waals surface area (Å²) >= 11 is 0. The molecule has 0 aliphatic rings. The van der Waals surface area contributed by atoms with Gasteiger partial charge in [-0.1, -0.05) is 11.6 Å². The fourth-order valence-corrected chi connectivity index (χ4v) is 0.821. The maximum absolute atomic E-state index is 12.3. The van der Waals surface area contributed by atoms with E-state index in [2.05, 4.69) is 6.07 Å². The fraction of sp³-hybridized carbons (Fsp3) is 0.667. The summed E-state index contributed by atoms with van der Waals surface area (Å²) in [6.45, 7) is 3.43. The molecule has 0 fully saturated rings. The molecule has 0 heterocycles. The van der Waals surface area contributed by atoms with Gasteiger partial charge in [0.1, 0.15) is 0 Å². The molecule has 2 heteroatoms. The predicted molar refractivity (Wildman–Crippen MR) is 43.8 cm³/mol. The normalized spacial score (nSPS) is 14.2. The minimum atomic E-state index is -0.761. The highest BCUT2D eigenvalue weighted by Crippen LogP contribution is 2.11. The Labute approximate surface area is 67.5 Å². The Balaban J connectivity index is 3.64. The Morgan fingerprint density at radius 3 is 2.73 bits per heavy atom. The first kappa shape index (κ1) is 10.2. The lowest BCUT2D eigenvalue weighted by Crippen LogP contribution is -1.93. The summed E-state index contributed by atoms with van der Waals surface area (Å²) < 4.78 is 12.3. The van der Waals surface area contributed by atoms with Crippen LogP contribution in [0.15, 0.2) is 11.6 Å². The number of nitriles is 1. The maximum atomic E-state index is 12.3. The van der Waals surface area contributed by atoms with Crippen molar-refractivity contribution in [1.29, 1.82) is 5.26 Å². The average Bonchev–Trinajstić information content (AvgIpc) is 1.97. The molecule has 0 saturated heterocycles. The molecule has 62 valence electrons. The first-order chi connectivity index (χ1) is 5.20. The Hall–Kier alpha value is -0.840. The zero-order valence-electron chi connectivity index (χ0n) is 7.10. The summed E-state index contributed by atoms with van der Waals surface area (Å²) in [6, 6.07) is 2.05. The van der Waals surface area contributed by atoms with Gasteiger partial charge in [-0.15, -0.1) is 0 Å². The van der Waals surface area contributed by atoms with Crippen LogP contribution in [0.3, 0.4) is 0 Å². The van der Waals surface area contributed by atoms with E-state index >= 15 is 0 Å². The Morgan fingerprint density at radius 1 is 1.73 bits per heavy atom. The lowest BCUT2D eigenvalue weighted by atomic mass is 10.1. The lowest BCUT2D eigenvalue weighted by molar-refractivity contribution is 0.341. The van der Waals surface area contributed by atoms with Gasteiger partial charge in [0, 0.05) is 0 Å². The van der Waals surface area contributed by atoms with Crippen LogP contribution >= 0.6 is 0 Å². The van der Waals surface area contributed by atoms with Gasteiger partial charge in [-0.3, -0.25) is 0 Å². The number of hydrogen-bond acceptors (Lipinski definition) is 1.